The van der Waals surface area contributed by atoms with Crippen molar-refractivity contribution in [2.24, 2.45) is 0 Å². The second-order valence-electron chi connectivity index (χ2n) is 6.26. The molecule has 1 aliphatic rings. The number of hydrogen-bond donors (Lipinski definition) is 4. The number of hydrogen-bond acceptors (Lipinski definition) is 9. The first-order valence-electron chi connectivity index (χ1n) is 8.58. The number of nitrogens with zero attached hydrogens (tertiary/aromatic N) is 4. The first-order chi connectivity index (χ1) is 13.7. The summed E-state index contributed by atoms with van der Waals surface area (Å²) in [5.41, 5.74) is 6.38. The Kier molecular flexibility index (Phi) is 6.16. The van der Waals surface area contributed by atoms with Gasteiger partial charge >= 0.3 is 12.1 Å². The monoisotopic (exact) mass is 420 g/mol. The van der Waals surface area contributed by atoms with E-state index in [1.54, 1.807) is 5.32 Å². The van der Waals surface area contributed by atoms with Crippen molar-refractivity contribution in [2.45, 2.75) is 37.1 Å². The van der Waals surface area contributed by atoms with E-state index < -0.39 is 43.2 Å². The second kappa shape index (κ2) is 8.44. The molecule has 0 aromatic carbocycles. The average Bonchev–Trinajstić information content (AvgIpc) is 3.22. The van der Waals surface area contributed by atoms with Gasteiger partial charge in [-0.05, 0) is 6.42 Å². The zero-order valence-corrected chi connectivity index (χ0v) is 14.9. The number of alkyl halides is 3. The van der Waals surface area contributed by atoms with Gasteiger partial charge in [-0.2, -0.15) is 13.2 Å². The average molecular weight is 420 g/mol. The normalized spacial score (nSPS) is 24.9. The summed E-state index contributed by atoms with van der Waals surface area (Å²) >= 11 is 0. The molecule has 0 bridgehead atoms. The summed E-state index contributed by atoms with van der Waals surface area (Å²) in [6.45, 7) is -0.835. The van der Waals surface area contributed by atoms with E-state index in [-0.39, 0.29) is 25.4 Å². The number of carbonyl (C=O) groups excluding carboxylic acids is 1. The van der Waals surface area contributed by atoms with E-state index in [0.717, 1.165) is 0 Å². The van der Waals surface area contributed by atoms with Crippen LogP contribution in [-0.2, 0) is 14.3 Å². The van der Waals surface area contributed by atoms with Crippen molar-refractivity contribution in [2.75, 3.05) is 25.5 Å². The van der Waals surface area contributed by atoms with E-state index in [9.17, 15) is 28.2 Å². The number of carbonyl (C=O) groups is 1. The molecule has 3 heterocycles. The van der Waals surface area contributed by atoms with Crippen LogP contribution in [0.1, 0.15) is 12.6 Å². The van der Waals surface area contributed by atoms with Crippen LogP contribution in [0.2, 0.25) is 0 Å². The summed E-state index contributed by atoms with van der Waals surface area (Å²) in [6, 6.07) is 0. The number of anilines is 1. The molecule has 1 saturated heterocycles. The minimum absolute atomic E-state index is 0.0569. The van der Waals surface area contributed by atoms with Gasteiger partial charge < -0.3 is 30.7 Å². The predicted octanol–water partition coefficient (Wildman–Crippen LogP) is -0.887. The Morgan fingerprint density at radius 3 is 2.83 bits per heavy atom. The standard InChI is InChI=1S/C15H19F3N6O5/c16-15(17,18)14(27)20-2-1-3-28-10-9(26)7(4-25)29-13(10)24-6-23-8-11(19)21-5-22-12(8)24/h5-7,9-10,13,25-26H,1-4H2,(H,20,27)(H2,19,21,22)/t7-,9?,10?,13-/m1/s1. The van der Waals surface area contributed by atoms with Crippen LogP contribution in [0.4, 0.5) is 19.0 Å². The maximum Gasteiger partial charge on any atom is 0.471 e. The first kappa shape index (κ1) is 21.2. The molecule has 4 atom stereocenters. The fourth-order valence-corrected chi connectivity index (χ4v) is 2.92. The van der Waals surface area contributed by atoms with E-state index >= 15 is 0 Å². The molecule has 2 aromatic rings. The molecular weight excluding hydrogens is 401 g/mol. The zero-order chi connectivity index (χ0) is 21.2. The lowest BCUT2D eigenvalue weighted by Crippen LogP contribution is -2.38. The Bertz CT molecular complexity index is 863. The maximum atomic E-state index is 12.2. The molecule has 29 heavy (non-hydrogen) atoms. The summed E-state index contributed by atoms with van der Waals surface area (Å²) in [4.78, 5) is 22.8. The second-order valence-corrected chi connectivity index (χ2v) is 6.26. The Hall–Kier alpha value is -2.55. The fourth-order valence-electron chi connectivity index (χ4n) is 2.92. The Morgan fingerprint density at radius 1 is 1.38 bits per heavy atom. The summed E-state index contributed by atoms with van der Waals surface area (Å²) in [5, 5.41) is 21.5. The number of nitrogens with one attached hydrogen (secondary N) is 1. The van der Waals surface area contributed by atoms with E-state index in [4.69, 9.17) is 15.2 Å². The van der Waals surface area contributed by atoms with E-state index in [1.165, 1.54) is 17.2 Å². The van der Waals surface area contributed by atoms with Crippen LogP contribution in [0.5, 0.6) is 0 Å². The smallest absolute Gasteiger partial charge is 0.394 e. The highest BCUT2D eigenvalue weighted by Gasteiger charge is 2.46. The molecular formula is C15H19F3N6O5. The van der Waals surface area contributed by atoms with Crippen LogP contribution in [0.25, 0.3) is 11.2 Å². The van der Waals surface area contributed by atoms with Gasteiger partial charge in [0, 0.05) is 13.2 Å². The van der Waals surface area contributed by atoms with Crippen LogP contribution >= 0.6 is 0 Å². The van der Waals surface area contributed by atoms with Gasteiger partial charge in [-0.3, -0.25) is 9.36 Å². The molecule has 160 valence electrons. The molecule has 1 amide bonds. The van der Waals surface area contributed by atoms with Crippen molar-refractivity contribution in [3.63, 3.8) is 0 Å². The van der Waals surface area contributed by atoms with Gasteiger partial charge in [0.25, 0.3) is 0 Å². The summed E-state index contributed by atoms with van der Waals surface area (Å²) in [5.74, 6) is -1.90. The van der Waals surface area contributed by atoms with Crippen molar-refractivity contribution in [3.05, 3.63) is 12.7 Å². The van der Waals surface area contributed by atoms with Crippen LogP contribution < -0.4 is 11.1 Å². The molecule has 2 unspecified atom stereocenters. The number of aliphatic hydroxyl groups excluding tert-OH is 2. The Labute approximate surface area is 161 Å². The maximum absolute atomic E-state index is 12.2. The lowest BCUT2D eigenvalue weighted by Gasteiger charge is -2.22. The van der Waals surface area contributed by atoms with Crippen molar-refractivity contribution >= 4 is 22.9 Å². The topological polar surface area (TPSA) is 158 Å². The van der Waals surface area contributed by atoms with Gasteiger partial charge in [0.05, 0.1) is 12.9 Å². The fraction of sp³-hybridized carbons (Fsp3) is 0.600. The van der Waals surface area contributed by atoms with Gasteiger partial charge in [-0.1, -0.05) is 0 Å². The number of aromatic nitrogens is 4. The molecule has 2 aromatic heterocycles. The number of amides is 1. The van der Waals surface area contributed by atoms with E-state index in [1.807, 2.05) is 0 Å². The van der Waals surface area contributed by atoms with Crippen LogP contribution in [0, 0.1) is 0 Å². The Morgan fingerprint density at radius 2 is 2.14 bits per heavy atom. The molecule has 1 fully saturated rings. The lowest BCUT2D eigenvalue weighted by atomic mass is 10.1. The molecule has 0 saturated carbocycles. The van der Waals surface area contributed by atoms with Gasteiger partial charge in [-0.25, -0.2) is 15.0 Å². The number of nitrogens with two attached hydrogens (primary N) is 1. The van der Waals surface area contributed by atoms with Crippen LogP contribution in [0.15, 0.2) is 12.7 Å². The zero-order valence-electron chi connectivity index (χ0n) is 14.9. The molecule has 14 heteroatoms. The van der Waals surface area contributed by atoms with Crippen molar-refractivity contribution < 1.29 is 37.7 Å². The molecule has 1 aliphatic heterocycles. The number of imidazole rings is 1. The molecule has 0 aliphatic carbocycles. The minimum atomic E-state index is -4.96. The highest BCUT2D eigenvalue weighted by molar-refractivity contribution is 5.81. The van der Waals surface area contributed by atoms with Crippen molar-refractivity contribution in [3.8, 4) is 0 Å². The van der Waals surface area contributed by atoms with E-state index in [0.29, 0.717) is 11.2 Å². The van der Waals surface area contributed by atoms with Gasteiger partial charge in [0.2, 0.25) is 0 Å². The number of fused-ring (bicyclic) bond motifs is 1. The molecule has 11 nitrogen and oxygen atoms in total. The third-order valence-electron chi connectivity index (χ3n) is 4.33. The number of rotatable bonds is 7. The number of aliphatic hydroxyl groups is 2. The molecule has 5 N–H and O–H groups in total. The van der Waals surface area contributed by atoms with Crippen molar-refractivity contribution in [1.82, 2.24) is 24.8 Å². The number of halogens is 3. The van der Waals surface area contributed by atoms with Crippen LogP contribution in [0.3, 0.4) is 0 Å². The summed E-state index contributed by atoms with van der Waals surface area (Å²) in [7, 11) is 0. The SMILES string of the molecule is Nc1ncnc2c1ncn2[C@@H]1O[C@H](CO)C(O)C1OCCCNC(=O)C(F)(F)F. The van der Waals surface area contributed by atoms with Gasteiger partial charge in [0.1, 0.15) is 30.2 Å². The number of nitrogen functional groups attached to an aromatic ring is 1. The Balaban J connectivity index is 1.67. The molecule has 0 radical (unpaired) electrons. The highest BCUT2D eigenvalue weighted by atomic mass is 19.4. The number of ether oxygens (including phenoxy) is 2. The third kappa shape index (κ3) is 4.39. The van der Waals surface area contributed by atoms with E-state index in [2.05, 4.69) is 15.0 Å². The lowest BCUT2D eigenvalue weighted by molar-refractivity contribution is -0.173. The predicted molar refractivity (Wildman–Crippen MR) is 90.2 cm³/mol. The van der Waals surface area contributed by atoms with Gasteiger partial charge in [-0.15, -0.1) is 0 Å². The summed E-state index contributed by atoms with van der Waals surface area (Å²) in [6.07, 6.45) is -6.37. The van der Waals surface area contributed by atoms with Crippen molar-refractivity contribution in [1.29, 1.82) is 0 Å². The molecule has 3 rings (SSSR count). The quantitative estimate of drug-likeness (QED) is 0.417. The first-order valence-corrected chi connectivity index (χ1v) is 8.58. The minimum Gasteiger partial charge on any atom is -0.394 e. The summed E-state index contributed by atoms with van der Waals surface area (Å²) < 4.78 is 49.2. The molecule has 0 spiro atoms. The largest absolute Gasteiger partial charge is 0.471 e. The van der Waals surface area contributed by atoms with Gasteiger partial charge in [0.15, 0.2) is 17.7 Å². The van der Waals surface area contributed by atoms with Crippen LogP contribution in [-0.4, -0.2) is 79.9 Å². The third-order valence-corrected chi connectivity index (χ3v) is 4.33. The highest BCUT2D eigenvalue weighted by Crippen LogP contribution is 2.33.